The SMILES string of the molecule is Cc1cccc(NC(=O)CCNC(=O)c2c[nH]c3cc(Br)c(Br)cc23)n1. The molecule has 0 aliphatic carbocycles. The smallest absolute Gasteiger partial charge is 0.253 e. The minimum atomic E-state index is -0.230. The molecular weight excluding hydrogens is 464 g/mol. The number of anilines is 1. The number of aromatic nitrogens is 2. The zero-order chi connectivity index (χ0) is 18.7. The predicted octanol–water partition coefficient (Wildman–Crippen LogP) is 4.15. The number of aryl methyl sites for hydroxylation is 1. The van der Waals surface area contributed by atoms with Gasteiger partial charge in [0.15, 0.2) is 0 Å². The maximum Gasteiger partial charge on any atom is 0.253 e. The lowest BCUT2D eigenvalue weighted by Crippen LogP contribution is -2.27. The Morgan fingerprint density at radius 3 is 2.73 bits per heavy atom. The second kappa shape index (κ2) is 8.01. The summed E-state index contributed by atoms with van der Waals surface area (Å²) in [4.78, 5) is 31.7. The van der Waals surface area contributed by atoms with E-state index in [1.165, 1.54) is 0 Å². The molecule has 8 heteroatoms. The number of hydrogen-bond acceptors (Lipinski definition) is 3. The van der Waals surface area contributed by atoms with Crippen LogP contribution < -0.4 is 10.6 Å². The van der Waals surface area contributed by atoms with Crippen molar-refractivity contribution in [2.24, 2.45) is 0 Å². The highest BCUT2D eigenvalue weighted by molar-refractivity contribution is 9.13. The number of amides is 2. The van der Waals surface area contributed by atoms with Gasteiger partial charge in [-0.1, -0.05) is 6.07 Å². The molecule has 0 aliphatic heterocycles. The summed E-state index contributed by atoms with van der Waals surface area (Å²) >= 11 is 6.88. The van der Waals surface area contributed by atoms with Crippen molar-refractivity contribution in [1.29, 1.82) is 0 Å². The quantitative estimate of drug-likeness (QED) is 0.513. The Balaban J connectivity index is 1.57. The molecule has 0 bridgehead atoms. The maximum absolute atomic E-state index is 12.4. The van der Waals surface area contributed by atoms with E-state index in [0.717, 1.165) is 25.5 Å². The number of halogens is 2. The summed E-state index contributed by atoms with van der Waals surface area (Å²) in [5.74, 6) is 0.0781. The lowest BCUT2D eigenvalue weighted by molar-refractivity contribution is -0.116. The first-order valence-corrected chi connectivity index (χ1v) is 9.50. The highest BCUT2D eigenvalue weighted by atomic mass is 79.9. The van der Waals surface area contributed by atoms with Crippen LogP contribution in [0.15, 0.2) is 45.5 Å². The van der Waals surface area contributed by atoms with Crippen LogP contribution in [0.5, 0.6) is 0 Å². The van der Waals surface area contributed by atoms with E-state index in [-0.39, 0.29) is 24.8 Å². The molecule has 0 atom stereocenters. The van der Waals surface area contributed by atoms with Gasteiger partial charge >= 0.3 is 0 Å². The van der Waals surface area contributed by atoms with Crippen LogP contribution in [0.25, 0.3) is 10.9 Å². The zero-order valence-corrected chi connectivity index (χ0v) is 17.1. The van der Waals surface area contributed by atoms with Crippen molar-refractivity contribution in [3.63, 3.8) is 0 Å². The topological polar surface area (TPSA) is 86.9 Å². The average Bonchev–Trinajstić information content (AvgIpc) is 2.98. The fraction of sp³-hybridized carbons (Fsp3) is 0.167. The van der Waals surface area contributed by atoms with Crippen molar-refractivity contribution >= 4 is 60.4 Å². The lowest BCUT2D eigenvalue weighted by Gasteiger charge is -2.06. The van der Waals surface area contributed by atoms with Gasteiger partial charge in [0.05, 0.1) is 5.56 Å². The van der Waals surface area contributed by atoms with E-state index in [9.17, 15) is 9.59 Å². The van der Waals surface area contributed by atoms with E-state index in [1.807, 2.05) is 31.2 Å². The Bertz CT molecular complexity index is 984. The number of benzene rings is 1. The van der Waals surface area contributed by atoms with Crippen LogP contribution in [-0.2, 0) is 4.79 Å². The van der Waals surface area contributed by atoms with E-state index in [4.69, 9.17) is 0 Å². The Labute approximate surface area is 167 Å². The van der Waals surface area contributed by atoms with Gasteiger partial charge in [0, 0.05) is 44.7 Å². The van der Waals surface area contributed by atoms with Gasteiger partial charge in [0.1, 0.15) is 5.82 Å². The molecule has 0 unspecified atom stereocenters. The molecule has 134 valence electrons. The molecule has 3 aromatic rings. The highest BCUT2D eigenvalue weighted by Crippen LogP contribution is 2.30. The molecule has 2 heterocycles. The minimum absolute atomic E-state index is 0.166. The van der Waals surface area contributed by atoms with Crippen LogP contribution in [0.4, 0.5) is 5.82 Å². The fourth-order valence-corrected chi connectivity index (χ4v) is 3.19. The molecule has 0 saturated carbocycles. The summed E-state index contributed by atoms with van der Waals surface area (Å²) in [6.45, 7) is 2.09. The van der Waals surface area contributed by atoms with E-state index in [2.05, 4.69) is 52.5 Å². The molecule has 0 spiro atoms. The summed E-state index contributed by atoms with van der Waals surface area (Å²) in [5.41, 5.74) is 2.22. The van der Waals surface area contributed by atoms with Gasteiger partial charge in [-0.25, -0.2) is 4.98 Å². The number of aromatic amines is 1. The second-order valence-corrected chi connectivity index (χ2v) is 7.44. The number of rotatable bonds is 5. The highest BCUT2D eigenvalue weighted by Gasteiger charge is 2.14. The van der Waals surface area contributed by atoms with Crippen LogP contribution in [0.1, 0.15) is 22.5 Å². The van der Waals surface area contributed by atoms with Gasteiger partial charge < -0.3 is 15.6 Å². The molecular formula is C18H16Br2N4O2. The number of carbonyl (C=O) groups excluding carboxylic acids is 2. The van der Waals surface area contributed by atoms with Gasteiger partial charge in [-0.15, -0.1) is 0 Å². The molecule has 1 aromatic carbocycles. The van der Waals surface area contributed by atoms with Crippen molar-refractivity contribution < 1.29 is 9.59 Å². The normalized spacial score (nSPS) is 10.7. The van der Waals surface area contributed by atoms with Gasteiger partial charge in [0.2, 0.25) is 5.91 Å². The van der Waals surface area contributed by atoms with Gasteiger partial charge in [0.25, 0.3) is 5.91 Å². The maximum atomic E-state index is 12.4. The minimum Gasteiger partial charge on any atom is -0.360 e. The summed E-state index contributed by atoms with van der Waals surface area (Å²) < 4.78 is 1.77. The molecule has 6 nitrogen and oxygen atoms in total. The van der Waals surface area contributed by atoms with Gasteiger partial charge in [-0.05, 0) is 63.0 Å². The molecule has 0 saturated heterocycles. The molecule has 0 aliphatic rings. The standard InChI is InChI=1S/C18H16Br2N4O2/c1-10-3-2-4-16(23-10)24-17(25)5-6-21-18(26)12-9-22-15-8-14(20)13(19)7-11(12)15/h2-4,7-9,22H,5-6H2,1H3,(H,21,26)(H,23,24,25). The number of pyridine rings is 1. The van der Waals surface area contributed by atoms with Crippen molar-refractivity contribution in [1.82, 2.24) is 15.3 Å². The number of fused-ring (bicyclic) bond motifs is 1. The van der Waals surface area contributed by atoms with Crippen molar-refractivity contribution in [2.45, 2.75) is 13.3 Å². The van der Waals surface area contributed by atoms with Crippen LogP contribution in [0.2, 0.25) is 0 Å². The molecule has 2 aromatic heterocycles. The largest absolute Gasteiger partial charge is 0.360 e. The first-order chi connectivity index (χ1) is 12.4. The Morgan fingerprint density at radius 1 is 1.19 bits per heavy atom. The number of hydrogen-bond donors (Lipinski definition) is 3. The first kappa shape index (κ1) is 18.6. The average molecular weight is 480 g/mol. The van der Waals surface area contributed by atoms with Crippen LogP contribution in [-0.4, -0.2) is 28.3 Å². The fourth-order valence-electron chi connectivity index (χ4n) is 2.51. The second-order valence-electron chi connectivity index (χ2n) is 5.73. The Hall–Kier alpha value is -2.19. The van der Waals surface area contributed by atoms with Gasteiger partial charge in [-0.2, -0.15) is 0 Å². The summed E-state index contributed by atoms with van der Waals surface area (Å²) in [6.07, 6.45) is 1.83. The third-order valence-electron chi connectivity index (χ3n) is 3.76. The molecule has 3 N–H and O–H groups in total. The number of carbonyl (C=O) groups is 2. The molecule has 26 heavy (non-hydrogen) atoms. The van der Waals surface area contributed by atoms with Gasteiger partial charge in [-0.3, -0.25) is 9.59 Å². The van der Waals surface area contributed by atoms with E-state index < -0.39 is 0 Å². The number of nitrogens with one attached hydrogen (secondary N) is 3. The number of nitrogens with zero attached hydrogens (tertiary/aromatic N) is 1. The van der Waals surface area contributed by atoms with E-state index in [0.29, 0.717) is 11.4 Å². The Morgan fingerprint density at radius 2 is 1.96 bits per heavy atom. The van der Waals surface area contributed by atoms with Crippen molar-refractivity contribution in [3.05, 3.63) is 56.7 Å². The molecule has 0 fully saturated rings. The zero-order valence-electron chi connectivity index (χ0n) is 13.9. The molecule has 3 rings (SSSR count). The Kier molecular flexibility index (Phi) is 5.73. The van der Waals surface area contributed by atoms with Crippen LogP contribution in [0.3, 0.4) is 0 Å². The lowest BCUT2D eigenvalue weighted by atomic mass is 10.1. The van der Waals surface area contributed by atoms with Crippen LogP contribution in [0, 0.1) is 6.92 Å². The summed E-state index contributed by atoms with van der Waals surface area (Å²) in [6, 6.07) is 9.19. The summed E-state index contributed by atoms with van der Waals surface area (Å²) in [5, 5.41) is 6.30. The number of H-pyrrole nitrogens is 1. The third-order valence-corrected chi connectivity index (χ3v) is 5.60. The van der Waals surface area contributed by atoms with E-state index in [1.54, 1.807) is 12.3 Å². The van der Waals surface area contributed by atoms with Crippen molar-refractivity contribution in [3.8, 4) is 0 Å². The molecule has 0 radical (unpaired) electrons. The first-order valence-electron chi connectivity index (χ1n) is 7.92. The predicted molar refractivity (Wildman–Crippen MR) is 108 cm³/mol. The monoisotopic (exact) mass is 478 g/mol. The summed E-state index contributed by atoms with van der Waals surface area (Å²) in [7, 11) is 0. The third kappa shape index (κ3) is 4.31. The van der Waals surface area contributed by atoms with Crippen LogP contribution >= 0.6 is 31.9 Å². The van der Waals surface area contributed by atoms with Crippen molar-refractivity contribution in [2.75, 3.05) is 11.9 Å². The van der Waals surface area contributed by atoms with E-state index >= 15 is 0 Å². The molecule has 2 amide bonds.